The second-order valence-corrected chi connectivity index (χ2v) is 5.03. The van der Waals surface area contributed by atoms with Gasteiger partial charge in [-0.3, -0.25) is 15.1 Å². The largest absolute Gasteiger partial charge is 0.491 e. The maximum absolute atomic E-state index is 11.8. The molecule has 2 aromatic rings. The molecule has 0 aliphatic rings. The summed E-state index contributed by atoms with van der Waals surface area (Å²) >= 11 is 0. The van der Waals surface area contributed by atoms with Crippen molar-refractivity contribution < 1.29 is 14.3 Å². The molecule has 0 bridgehead atoms. The summed E-state index contributed by atoms with van der Waals surface area (Å²) < 4.78 is 10.6. The van der Waals surface area contributed by atoms with E-state index >= 15 is 0 Å². The van der Waals surface area contributed by atoms with Crippen molar-refractivity contribution in [2.75, 3.05) is 13.7 Å². The highest BCUT2D eigenvalue weighted by molar-refractivity contribution is 5.84. The van der Waals surface area contributed by atoms with E-state index in [2.05, 4.69) is 10.3 Å². The van der Waals surface area contributed by atoms with Crippen LogP contribution in [0, 0.1) is 0 Å². The van der Waals surface area contributed by atoms with Gasteiger partial charge in [-0.05, 0) is 24.3 Å². The van der Waals surface area contributed by atoms with Crippen LogP contribution in [0.1, 0.15) is 13.8 Å². The molecule has 0 fully saturated rings. The van der Waals surface area contributed by atoms with E-state index in [0.717, 1.165) is 10.9 Å². The third-order valence-electron chi connectivity index (χ3n) is 3.03. The monoisotopic (exact) mass is 288 g/mol. The number of pyridine rings is 1. The number of carbonyl (C=O) groups is 1. The molecule has 0 spiro atoms. The average molecular weight is 288 g/mol. The molecule has 1 heterocycles. The Morgan fingerprint density at radius 1 is 1.29 bits per heavy atom. The summed E-state index contributed by atoms with van der Waals surface area (Å²) in [5.41, 5.74) is 0.862. The maximum atomic E-state index is 11.8. The van der Waals surface area contributed by atoms with Crippen LogP contribution in [-0.4, -0.2) is 36.8 Å². The molecule has 1 atom stereocenters. The summed E-state index contributed by atoms with van der Waals surface area (Å²) in [6.07, 6.45) is 1.74. The van der Waals surface area contributed by atoms with Gasteiger partial charge in [-0.15, -0.1) is 0 Å². The van der Waals surface area contributed by atoms with Crippen LogP contribution < -0.4 is 10.1 Å². The number of rotatable bonds is 6. The fourth-order valence-electron chi connectivity index (χ4n) is 2.10. The van der Waals surface area contributed by atoms with Crippen LogP contribution in [0.15, 0.2) is 36.5 Å². The Morgan fingerprint density at radius 2 is 2.10 bits per heavy atom. The van der Waals surface area contributed by atoms with Gasteiger partial charge >= 0.3 is 5.97 Å². The van der Waals surface area contributed by atoms with Crippen molar-refractivity contribution in [1.29, 1.82) is 0 Å². The minimum atomic E-state index is -0.498. The molecule has 1 N–H and O–H groups in total. The van der Waals surface area contributed by atoms with Crippen LogP contribution in [0.5, 0.6) is 5.75 Å². The lowest BCUT2D eigenvalue weighted by Gasteiger charge is -2.19. The maximum Gasteiger partial charge on any atom is 0.326 e. The van der Waals surface area contributed by atoms with Crippen LogP contribution in [0.4, 0.5) is 0 Å². The zero-order valence-electron chi connectivity index (χ0n) is 12.5. The van der Waals surface area contributed by atoms with Gasteiger partial charge in [0.15, 0.2) is 0 Å². The van der Waals surface area contributed by atoms with Crippen molar-refractivity contribution in [1.82, 2.24) is 10.3 Å². The minimum Gasteiger partial charge on any atom is -0.491 e. The number of benzene rings is 1. The highest BCUT2D eigenvalue weighted by Crippen LogP contribution is 2.23. The summed E-state index contributed by atoms with van der Waals surface area (Å²) in [4.78, 5) is 16.0. The number of hydrogen-bond acceptors (Lipinski definition) is 5. The topological polar surface area (TPSA) is 60.5 Å². The van der Waals surface area contributed by atoms with E-state index in [4.69, 9.17) is 9.47 Å². The molecule has 2 rings (SSSR count). The lowest BCUT2D eigenvalue weighted by molar-refractivity contribution is -0.144. The second kappa shape index (κ2) is 7.04. The van der Waals surface area contributed by atoms with E-state index < -0.39 is 6.04 Å². The number of fused-ring (bicyclic) bond motifs is 1. The normalized spacial score (nSPS) is 12.4. The van der Waals surface area contributed by atoms with Gasteiger partial charge in [0.2, 0.25) is 0 Å². The molecule has 1 aromatic heterocycles. The Kier molecular flexibility index (Phi) is 5.11. The van der Waals surface area contributed by atoms with Gasteiger partial charge < -0.3 is 9.47 Å². The standard InChI is InChI=1S/C16H20N2O3/c1-11(2)18-14(16(19)20-3)10-21-15-8-4-7-13-12(15)6-5-9-17-13/h4-9,11,14,18H,10H2,1-3H3. The fourth-order valence-corrected chi connectivity index (χ4v) is 2.10. The number of ether oxygens (including phenoxy) is 2. The zero-order chi connectivity index (χ0) is 15.2. The Hall–Kier alpha value is -2.14. The smallest absolute Gasteiger partial charge is 0.326 e. The highest BCUT2D eigenvalue weighted by atomic mass is 16.5. The summed E-state index contributed by atoms with van der Waals surface area (Å²) in [5, 5.41) is 4.06. The van der Waals surface area contributed by atoms with Gasteiger partial charge in [0.05, 0.1) is 12.6 Å². The van der Waals surface area contributed by atoms with Crippen molar-refractivity contribution in [3.8, 4) is 5.75 Å². The quantitative estimate of drug-likeness (QED) is 0.825. The van der Waals surface area contributed by atoms with Crippen LogP contribution in [0.2, 0.25) is 0 Å². The molecular formula is C16H20N2O3. The molecule has 5 heteroatoms. The number of nitrogens with one attached hydrogen (secondary N) is 1. The molecule has 1 aromatic carbocycles. The SMILES string of the molecule is COC(=O)C(COc1cccc2ncccc12)NC(C)C. The fraction of sp³-hybridized carbons (Fsp3) is 0.375. The van der Waals surface area contributed by atoms with Crippen molar-refractivity contribution in [2.24, 2.45) is 0 Å². The minimum absolute atomic E-state index is 0.159. The molecule has 0 aliphatic carbocycles. The van der Waals surface area contributed by atoms with E-state index in [0.29, 0.717) is 5.75 Å². The average Bonchev–Trinajstić information content (AvgIpc) is 2.50. The molecule has 21 heavy (non-hydrogen) atoms. The molecule has 1 unspecified atom stereocenters. The van der Waals surface area contributed by atoms with Gasteiger partial charge in [-0.1, -0.05) is 19.9 Å². The third-order valence-corrected chi connectivity index (χ3v) is 3.03. The van der Waals surface area contributed by atoms with Crippen molar-refractivity contribution in [3.05, 3.63) is 36.5 Å². The summed E-state index contributed by atoms with van der Waals surface area (Å²) in [6, 6.07) is 9.14. The van der Waals surface area contributed by atoms with Gasteiger partial charge in [0.1, 0.15) is 18.4 Å². The molecular weight excluding hydrogens is 268 g/mol. The highest BCUT2D eigenvalue weighted by Gasteiger charge is 2.21. The molecule has 0 aliphatic heterocycles. The molecule has 5 nitrogen and oxygen atoms in total. The lowest BCUT2D eigenvalue weighted by atomic mass is 10.2. The number of esters is 1. The number of carbonyl (C=O) groups excluding carboxylic acids is 1. The second-order valence-electron chi connectivity index (χ2n) is 5.03. The third kappa shape index (κ3) is 3.92. The molecule has 0 radical (unpaired) electrons. The van der Waals surface area contributed by atoms with Gasteiger partial charge in [-0.2, -0.15) is 0 Å². The summed E-state index contributed by atoms with van der Waals surface area (Å²) in [7, 11) is 1.37. The van der Waals surface area contributed by atoms with Crippen LogP contribution in [0.25, 0.3) is 10.9 Å². The van der Waals surface area contributed by atoms with Gasteiger partial charge in [0.25, 0.3) is 0 Å². The Bertz CT molecular complexity index is 608. The summed E-state index contributed by atoms with van der Waals surface area (Å²) in [5.74, 6) is 0.377. The first kappa shape index (κ1) is 15.3. The van der Waals surface area contributed by atoms with Crippen LogP contribution in [-0.2, 0) is 9.53 Å². The number of aromatic nitrogens is 1. The molecule has 112 valence electrons. The van der Waals surface area contributed by atoms with E-state index in [9.17, 15) is 4.79 Å². The predicted molar refractivity (Wildman–Crippen MR) is 81.3 cm³/mol. The van der Waals surface area contributed by atoms with E-state index in [1.807, 2.05) is 44.2 Å². The number of methoxy groups -OCH3 is 1. The van der Waals surface area contributed by atoms with Crippen LogP contribution in [0.3, 0.4) is 0 Å². The molecule has 0 saturated heterocycles. The van der Waals surface area contributed by atoms with Crippen molar-refractivity contribution in [3.63, 3.8) is 0 Å². The number of nitrogens with zero attached hydrogens (tertiary/aromatic N) is 1. The number of hydrogen-bond donors (Lipinski definition) is 1. The Morgan fingerprint density at radius 3 is 2.81 bits per heavy atom. The first-order valence-corrected chi connectivity index (χ1v) is 6.92. The van der Waals surface area contributed by atoms with Crippen LogP contribution >= 0.6 is 0 Å². The summed E-state index contributed by atoms with van der Waals surface area (Å²) in [6.45, 7) is 4.15. The first-order chi connectivity index (χ1) is 10.1. The lowest BCUT2D eigenvalue weighted by Crippen LogP contribution is -2.45. The predicted octanol–water partition coefficient (Wildman–Crippen LogP) is 2.15. The Balaban J connectivity index is 2.13. The first-order valence-electron chi connectivity index (χ1n) is 6.92. The van der Waals surface area contributed by atoms with Gasteiger partial charge in [0, 0.05) is 17.6 Å². The van der Waals surface area contributed by atoms with E-state index in [-0.39, 0.29) is 18.6 Å². The van der Waals surface area contributed by atoms with Crippen molar-refractivity contribution in [2.45, 2.75) is 25.9 Å². The van der Waals surface area contributed by atoms with E-state index in [1.54, 1.807) is 6.20 Å². The Labute approximate surface area is 124 Å². The van der Waals surface area contributed by atoms with Gasteiger partial charge in [-0.25, -0.2) is 0 Å². The molecule has 0 amide bonds. The molecule has 0 saturated carbocycles. The van der Waals surface area contributed by atoms with E-state index in [1.165, 1.54) is 7.11 Å². The van der Waals surface area contributed by atoms with Crippen molar-refractivity contribution >= 4 is 16.9 Å². The zero-order valence-corrected chi connectivity index (χ0v) is 12.5.